The van der Waals surface area contributed by atoms with Gasteiger partial charge in [-0.1, -0.05) is 23.7 Å². The summed E-state index contributed by atoms with van der Waals surface area (Å²) in [6.07, 6.45) is 1.81. The van der Waals surface area contributed by atoms with Crippen LogP contribution in [-0.2, 0) is 11.2 Å². The molecule has 4 heteroatoms. The first-order chi connectivity index (χ1) is 7.89. The van der Waals surface area contributed by atoms with E-state index in [0.717, 1.165) is 17.9 Å². The summed E-state index contributed by atoms with van der Waals surface area (Å²) < 4.78 is 0. The Labute approximate surface area is 107 Å². The van der Waals surface area contributed by atoms with Crippen molar-refractivity contribution >= 4 is 17.5 Å². The van der Waals surface area contributed by atoms with Gasteiger partial charge in [0.05, 0.1) is 5.54 Å². The van der Waals surface area contributed by atoms with Crippen LogP contribution >= 0.6 is 11.6 Å². The standard InChI is InChI=1S/C13H19ClN2O/c1-13(2,15)12(17)16-9-3-4-10-5-7-11(14)8-6-10/h5-8H,3-4,9,15H2,1-2H3,(H,16,17). The molecule has 3 nitrogen and oxygen atoms in total. The summed E-state index contributed by atoms with van der Waals surface area (Å²) in [6.45, 7) is 4.03. The van der Waals surface area contributed by atoms with Gasteiger partial charge in [0, 0.05) is 11.6 Å². The first-order valence-electron chi connectivity index (χ1n) is 5.71. The summed E-state index contributed by atoms with van der Waals surface area (Å²) in [5, 5.41) is 3.56. The molecule has 0 unspecified atom stereocenters. The fourth-order valence-corrected chi connectivity index (χ4v) is 1.50. The number of carbonyl (C=O) groups excluding carboxylic acids is 1. The van der Waals surface area contributed by atoms with E-state index in [1.54, 1.807) is 13.8 Å². The largest absolute Gasteiger partial charge is 0.355 e. The van der Waals surface area contributed by atoms with Crippen molar-refractivity contribution in [2.24, 2.45) is 5.73 Å². The zero-order valence-electron chi connectivity index (χ0n) is 10.3. The van der Waals surface area contributed by atoms with Gasteiger partial charge in [0.25, 0.3) is 0 Å². The van der Waals surface area contributed by atoms with Crippen molar-refractivity contribution in [1.29, 1.82) is 0 Å². The van der Waals surface area contributed by atoms with Crippen LogP contribution in [0.1, 0.15) is 25.8 Å². The van der Waals surface area contributed by atoms with Crippen LogP contribution in [0.3, 0.4) is 0 Å². The summed E-state index contributed by atoms with van der Waals surface area (Å²) in [6, 6.07) is 7.74. The van der Waals surface area contributed by atoms with Gasteiger partial charge in [-0.05, 0) is 44.4 Å². The number of nitrogens with two attached hydrogens (primary N) is 1. The summed E-state index contributed by atoms with van der Waals surface area (Å²) in [7, 11) is 0. The molecule has 0 aliphatic rings. The lowest BCUT2D eigenvalue weighted by atomic mass is 10.1. The van der Waals surface area contributed by atoms with Gasteiger partial charge < -0.3 is 11.1 Å². The lowest BCUT2D eigenvalue weighted by Gasteiger charge is -2.17. The normalized spacial score (nSPS) is 11.3. The first-order valence-corrected chi connectivity index (χ1v) is 6.09. The number of nitrogens with one attached hydrogen (secondary N) is 1. The highest BCUT2D eigenvalue weighted by Crippen LogP contribution is 2.10. The summed E-state index contributed by atoms with van der Waals surface area (Å²) >= 11 is 5.79. The smallest absolute Gasteiger partial charge is 0.239 e. The van der Waals surface area contributed by atoms with Gasteiger partial charge in [-0.2, -0.15) is 0 Å². The van der Waals surface area contributed by atoms with Gasteiger partial charge in [-0.3, -0.25) is 4.79 Å². The molecule has 0 bridgehead atoms. The van der Waals surface area contributed by atoms with Crippen molar-refractivity contribution in [2.75, 3.05) is 6.54 Å². The van der Waals surface area contributed by atoms with Crippen molar-refractivity contribution in [2.45, 2.75) is 32.2 Å². The van der Waals surface area contributed by atoms with E-state index in [4.69, 9.17) is 17.3 Å². The molecule has 0 aliphatic heterocycles. The maximum atomic E-state index is 11.5. The van der Waals surface area contributed by atoms with Crippen LogP contribution < -0.4 is 11.1 Å². The van der Waals surface area contributed by atoms with Crippen molar-refractivity contribution in [1.82, 2.24) is 5.32 Å². The molecule has 94 valence electrons. The summed E-state index contributed by atoms with van der Waals surface area (Å²) in [5.41, 5.74) is 6.08. The van der Waals surface area contributed by atoms with E-state index in [9.17, 15) is 4.79 Å². The fraction of sp³-hybridized carbons (Fsp3) is 0.462. The second-order valence-electron chi connectivity index (χ2n) is 4.71. The molecule has 0 saturated heterocycles. The van der Waals surface area contributed by atoms with Gasteiger partial charge in [0.15, 0.2) is 0 Å². The Kier molecular flexibility index (Phi) is 4.97. The van der Waals surface area contributed by atoms with Crippen LogP contribution in [0.5, 0.6) is 0 Å². The van der Waals surface area contributed by atoms with E-state index in [0.29, 0.717) is 6.54 Å². The minimum Gasteiger partial charge on any atom is -0.355 e. The average Bonchev–Trinajstić information content (AvgIpc) is 2.25. The Hall–Kier alpha value is -1.06. The molecule has 1 aromatic carbocycles. The molecule has 1 rings (SSSR count). The number of rotatable bonds is 5. The monoisotopic (exact) mass is 254 g/mol. The maximum absolute atomic E-state index is 11.5. The summed E-state index contributed by atoms with van der Waals surface area (Å²) in [5.74, 6) is -0.117. The van der Waals surface area contributed by atoms with Crippen molar-refractivity contribution < 1.29 is 4.79 Å². The van der Waals surface area contributed by atoms with Crippen molar-refractivity contribution in [3.05, 3.63) is 34.9 Å². The number of hydrogen-bond acceptors (Lipinski definition) is 2. The lowest BCUT2D eigenvalue weighted by Crippen LogP contribution is -2.49. The first kappa shape index (κ1) is 14.0. The Bertz CT molecular complexity index is 368. The molecule has 17 heavy (non-hydrogen) atoms. The third kappa shape index (κ3) is 5.20. The van der Waals surface area contributed by atoms with E-state index in [1.807, 2.05) is 24.3 Å². The number of amides is 1. The Balaban J connectivity index is 2.25. The molecule has 1 amide bonds. The van der Waals surface area contributed by atoms with E-state index in [-0.39, 0.29) is 5.91 Å². The minimum atomic E-state index is -0.805. The predicted octanol–water partition coefficient (Wildman–Crippen LogP) is 2.13. The fourth-order valence-electron chi connectivity index (χ4n) is 1.37. The van der Waals surface area contributed by atoms with E-state index in [1.165, 1.54) is 5.56 Å². The zero-order chi connectivity index (χ0) is 12.9. The minimum absolute atomic E-state index is 0.117. The Morgan fingerprint density at radius 2 is 1.94 bits per heavy atom. The molecule has 0 fully saturated rings. The van der Waals surface area contributed by atoms with Crippen LogP contribution in [-0.4, -0.2) is 18.0 Å². The van der Waals surface area contributed by atoms with Gasteiger partial charge in [0.2, 0.25) is 5.91 Å². The number of benzene rings is 1. The molecule has 0 atom stereocenters. The van der Waals surface area contributed by atoms with Gasteiger partial charge >= 0.3 is 0 Å². The van der Waals surface area contributed by atoms with Crippen LogP contribution in [0.4, 0.5) is 0 Å². The average molecular weight is 255 g/mol. The van der Waals surface area contributed by atoms with Crippen LogP contribution in [0.15, 0.2) is 24.3 Å². The second kappa shape index (κ2) is 6.03. The van der Waals surface area contributed by atoms with E-state index < -0.39 is 5.54 Å². The molecule has 3 N–H and O–H groups in total. The number of hydrogen-bond donors (Lipinski definition) is 2. The van der Waals surface area contributed by atoms with Crippen LogP contribution in [0.25, 0.3) is 0 Å². The molecular formula is C13H19ClN2O. The van der Waals surface area contributed by atoms with Gasteiger partial charge in [0.1, 0.15) is 0 Å². The Morgan fingerprint density at radius 1 is 1.35 bits per heavy atom. The van der Waals surface area contributed by atoms with Crippen molar-refractivity contribution in [3.8, 4) is 0 Å². The highest BCUT2D eigenvalue weighted by atomic mass is 35.5. The molecule has 0 aromatic heterocycles. The third-order valence-corrected chi connectivity index (χ3v) is 2.68. The maximum Gasteiger partial charge on any atom is 0.239 e. The second-order valence-corrected chi connectivity index (χ2v) is 5.14. The Morgan fingerprint density at radius 3 is 2.47 bits per heavy atom. The van der Waals surface area contributed by atoms with Crippen LogP contribution in [0.2, 0.25) is 5.02 Å². The molecule has 0 aliphatic carbocycles. The van der Waals surface area contributed by atoms with E-state index >= 15 is 0 Å². The van der Waals surface area contributed by atoms with E-state index in [2.05, 4.69) is 5.32 Å². The van der Waals surface area contributed by atoms with Crippen molar-refractivity contribution in [3.63, 3.8) is 0 Å². The highest BCUT2D eigenvalue weighted by molar-refractivity contribution is 6.30. The molecule has 0 saturated carbocycles. The quantitative estimate of drug-likeness (QED) is 0.791. The predicted molar refractivity (Wildman–Crippen MR) is 71.0 cm³/mol. The molecule has 0 spiro atoms. The zero-order valence-corrected chi connectivity index (χ0v) is 11.1. The number of aryl methyl sites for hydroxylation is 1. The lowest BCUT2D eigenvalue weighted by molar-refractivity contribution is -0.125. The molecule has 0 radical (unpaired) electrons. The van der Waals surface area contributed by atoms with Gasteiger partial charge in [-0.25, -0.2) is 0 Å². The van der Waals surface area contributed by atoms with Gasteiger partial charge in [-0.15, -0.1) is 0 Å². The number of carbonyl (C=O) groups is 1. The topological polar surface area (TPSA) is 55.1 Å². The molecule has 0 heterocycles. The highest BCUT2D eigenvalue weighted by Gasteiger charge is 2.20. The molecular weight excluding hydrogens is 236 g/mol. The summed E-state index contributed by atoms with van der Waals surface area (Å²) in [4.78, 5) is 11.5. The number of halogens is 1. The molecule has 1 aromatic rings. The van der Waals surface area contributed by atoms with Crippen LogP contribution in [0, 0.1) is 0 Å². The third-order valence-electron chi connectivity index (χ3n) is 2.43. The SMILES string of the molecule is CC(C)(N)C(=O)NCCCc1ccc(Cl)cc1.